The molecular weight excluding hydrogens is 691 g/mol. The Morgan fingerprint density at radius 3 is 1.63 bits per heavy atom. The second-order valence-corrected chi connectivity index (χ2v) is 15.0. The van der Waals surface area contributed by atoms with Crippen LogP contribution in [0.5, 0.6) is 0 Å². The van der Waals surface area contributed by atoms with Crippen molar-refractivity contribution in [2.75, 3.05) is 0 Å². The average Bonchev–Trinajstić information content (AvgIpc) is 3.68. The summed E-state index contributed by atoms with van der Waals surface area (Å²) in [5, 5.41) is 11.0. The van der Waals surface area contributed by atoms with E-state index in [1.807, 2.05) is 6.07 Å². The van der Waals surface area contributed by atoms with Crippen LogP contribution in [0.4, 0.5) is 0 Å². The van der Waals surface area contributed by atoms with Crippen LogP contribution in [0.25, 0.3) is 115 Å². The predicted molar refractivity (Wildman–Crippen MR) is 240 cm³/mol. The lowest BCUT2D eigenvalue weighted by molar-refractivity contribution is 1.22. The van der Waals surface area contributed by atoms with E-state index in [2.05, 4.69) is 199 Å². The van der Waals surface area contributed by atoms with Gasteiger partial charge < -0.3 is 0 Å². The van der Waals surface area contributed by atoms with E-state index in [0.717, 1.165) is 50.0 Å². The maximum absolute atomic E-state index is 5.30. The molecule has 9 aromatic carbocycles. The minimum Gasteiger partial charge on any atom is -0.298 e. The van der Waals surface area contributed by atoms with E-state index in [9.17, 15) is 0 Å². The standard InChI is InChI=1S/C54H33N3/c1-3-14-36-30-40(25-23-34(36)12-1)50-43-18-5-6-19-44(43)51(41-26-24-35-13-2-4-15-37(35)31-41)47-33-39(27-28-45(47)50)38-16-11-17-42(32-38)52-54-53(46-20-7-8-21-48(46)55-52)56-49-22-9-10-29-57(49)54/h1-33H. The Hall–Kier alpha value is -7.62. The van der Waals surface area contributed by atoms with E-state index in [1.54, 1.807) is 0 Å². The number of hydrogen-bond acceptors (Lipinski definition) is 2. The largest absolute Gasteiger partial charge is 0.298 e. The second kappa shape index (κ2) is 12.5. The molecule has 0 saturated heterocycles. The molecule has 264 valence electrons. The molecule has 0 aliphatic rings. The first-order valence-electron chi connectivity index (χ1n) is 19.5. The van der Waals surface area contributed by atoms with Crippen molar-refractivity contribution in [3.05, 3.63) is 200 Å². The van der Waals surface area contributed by atoms with Gasteiger partial charge in [-0.15, -0.1) is 0 Å². The molecule has 0 aliphatic heterocycles. The van der Waals surface area contributed by atoms with Gasteiger partial charge in [0.05, 0.1) is 16.7 Å². The molecule has 0 spiro atoms. The number of rotatable bonds is 4. The molecule has 0 radical (unpaired) electrons. The van der Waals surface area contributed by atoms with Gasteiger partial charge in [0.25, 0.3) is 0 Å². The molecule has 0 bridgehead atoms. The van der Waals surface area contributed by atoms with Gasteiger partial charge in [-0.3, -0.25) is 4.40 Å². The van der Waals surface area contributed by atoms with Crippen molar-refractivity contribution in [3.8, 4) is 44.6 Å². The number of aromatic nitrogens is 3. The number of imidazole rings is 1. The normalized spacial score (nSPS) is 11.9. The van der Waals surface area contributed by atoms with Crippen molar-refractivity contribution in [2.45, 2.75) is 0 Å². The lowest BCUT2D eigenvalue weighted by Crippen LogP contribution is -1.93. The number of fused-ring (bicyclic) bond motifs is 9. The predicted octanol–water partition coefficient (Wildman–Crippen LogP) is 14.3. The van der Waals surface area contributed by atoms with E-state index in [0.29, 0.717) is 0 Å². The van der Waals surface area contributed by atoms with E-state index >= 15 is 0 Å². The third-order valence-corrected chi connectivity index (χ3v) is 11.7. The van der Waals surface area contributed by atoms with Crippen LogP contribution in [0.1, 0.15) is 0 Å². The molecule has 3 nitrogen and oxygen atoms in total. The summed E-state index contributed by atoms with van der Waals surface area (Å²) < 4.78 is 2.17. The maximum Gasteiger partial charge on any atom is 0.137 e. The van der Waals surface area contributed by atoms with Crippen LogP contribution in [-0.2, 0) is 0 Å². The third kappa shape index (κ3) is 4.99. The Bertz CT molecular complexity index is 3590. The highest BCUT2D eigenvalue weighted by Crippen LogP contribution is 2.46. The van der Waals surface area contributed by atoms with E-state index < -0.39 is 0 Å². The summed E-state index contributed by atoms with van der Waals surface area (Å²) in [7, 11) is 0. The lowest BCUT2D eigenvalue weighted by atomic mass is 9.84. The fourth-order valence-corrected chi connectivity index (χ4v) is 9.07. The highest BCUT2D eigenvalue weighted by atomic mass is 15.0. The van der Waals surface area contributed by atoms with Crippen LogP contribution >= 0.6 is 0 Å². The monoisotopic (exact) mass is 723 g/mol. The highest BCUT2D eigenvalue weighted by molar-refractivity contribution is 6.22. The second-order valence-electron chi connectivity index (χ2n) is 15.0. The van der Waals surface area contributed by atoms with Crippen LogP contribution in [-0.4, -0.2) is 14.4 Å². The Balaban J connectivity index is 1.13. The molecule has 3 heteroatoms. The molecule has 12 rings (SSSR count). The van der Waals surface area contributed by atoms with Gasteiger partial charge in [0, 0.05) is 17.1 Å². The van der Waals surface area contributed by atoms with Crippen molar-refractivity contribution in [2.24, 2.45) is 0 Å². The van der Waals surface area contributed by atoms with Crippen LogP contribution in [0.15, 0.2) is 200 Å². The van der Waals surface area contributed by atoms with Crippen LogP contribution < -0.4 is 0 Å². The van der Waals surface area contributed by atoms with Gasteiger partial charge in [0.15, 0.2) is 0 Å². The summed E-state index contributed by atoms with van der Waals surface area (Å²) in [6.07, 6.45) is 2.09. The molecule has 57 heavy (non-hydrogen) atoms. The molecule has 0 aliphatic carbocycles. The Morgan fingerprint density at radius 2 is 0.895 bits per heavy atom. The highest BCUT2D eigenvalue weighted by Gasteiger charge is 2.20. The topological polar surface area (TPSA) is 30.2 Å². The summed E-state index contributed by atoms with van der Waals surface area (Å²) in [6.45, 7) is 0. The Morgan fingerprint density at radius 1 is 0.333 bits per heavy atom. The molecule has 3 aromatic heterocycles. The molecule has 0 N–H and O–H groups in total. The fraction of sp³-hybridized carbons (Fsp3) is 0. The summed E-state index contributed by atoms with van der Waals surface area (Å²) in [6, 6.07) is 70.4. The molecule has 0 unspecified atom stereocenters. The minimum atomic E-state index is 0.910. The summed E-state index contributed by atoms with van der Waals surface area (Å²) in [5.74, 6) is 0. The minimum absolute atomic E-state index is 0.910. The number of pyridine rings is 2. The van der Waals surface area contributed by atoms with Gasteiger partial charge in [-0.05, 0) is 119 Å². The molecule has 12 aromatic rings. The van der Waals surface area contributed by atoms with Crippen molar-refractivity contribution >= 4 is 70.7 Å². The SMILES string of the molecule is c1cc(-c2ccc3c(-c4ccc5ccccc5c4)c4ccccc4c(-c4ccc5ccccc5c4)c3c2)cc(-c2nc3ccccc3c3nc4ccccn4c23)c1. The van der Waals surface area contributed by atoms with Crippen molar-refractivity contribution in [1.29, 1.82) is 0 Å². The Labute approximate surface area is 328 Å². The molecule has 0 saturated carbocycles. The summed E-state index contributed by atoms with van der Waals surface area (Å²) in [4.78, 5) is 10.4. The average molecular weight is 724 g/mol. The first kappa shape index (κ1) is 31.7. The van der Waals surface area contributed by atoms with Gasteiger partial charge in [0.2, 0.25) is 0 Å². The van der Waals surface area contributed by atoms with Crippen LogP contribution in [0.2, 0.25) is 0 Å². The molecular formula is C54H33N3. The van der Waals surface area contributed by atoms with Gasteiger partial charge in [-0.1, -0.05) is 152 Å². The van der Waals surface area contributed by atoms with Gasteiger partial charge in [0.1, 0.15) is 11.2 Å². The van der Waals surface area contributed by atoms with Crippen molar-refractivity contribution in [1.82, 2.24) is 14.4 Å². The van der Waals surface area contributed by atoms with Crippen LogP contribution in [0.3, 0.4) is 0 Å². The van der Waals surface area contributed by atoms with Crippen molar-refractivity contribution < 1.29 is 0 Å². The lowest BCUT2D eigenvalue weighted by Gasteiger charge is -2.19. The van der Waals surface area contributed by atoms with E-state index in [4.69, 9.17) is 9.97 Å². The fourth-order valence-electron chi connectivity index (χ4n) is 9.07. The zero-order chi connectivity index (χ0) is 37.5. The summed E-state index contributed by atoms with van der Waals surface area (Å²) in [5.41, 5.74) is 13.0. The quantitative estimate of drug-likeness (QED) is 0.169. The molecule has 0 atom stereocenters. The number of para-hydroxylation sites is 1. The zero-order valence-electron chi connectivity index (χ0n) is 30.9. The zero-order valence-corrected chi connectivity index (χ0v) is 30.9. The first-order valence-corrected chi connectivity index (χ1v) is 19.5. The molecule has 3 heterocycles. The first-order chi connectivity index (χ1) is 28.2. The van der Waals surface area contributed by atoms with Gasteiger partial charge >= 0.3 is 0 Å². The third-order valence-electron chi connectivity index (χ3n) is 11.7. The van der Waals surface area contributed by atoms with Gasteiger partial charge in [-0.2, -0.15) is 0 Å². The number of nitrogens with zero attached hydrogens (tertiary/aromatic N) is 3. The summed E-state index contributed by atoms with van der Waals surface area (Å²) >= 11 is 0. The van der Waals surface area contributed by atoms with Crippen molar-refractivity contribution in [3.63, 3.8) is 0 Å². The maximum atomic E-state index is 5.30. The molecule has 0 fully saturated rings. The number of hydrogen-bond donors (Lipinski definition) is 0. The smallest absolute Gasteiger partial charge is 0.137 e. The van der Waals surface area contributed by atoms with E-state index in [-0.39, 0.29) is 0 Å². The van der Waals surface area contributed by atoms with E-state index in [1.165, 1.54) is 65.3 Å². The van der Waals surface area contributed by atoms with Gasteiger partial charge in [-0.25, -0.2) is 9.97 Å². The Kier molecular flexibility index (Phi) is 6.93. The molecule has 0 amide bonds. The number of benzene rings is 9. The van der Waals surface area contributed by atoms with Crippen LogP contribution in [0, 0.1) is 0 Å².